The van der Waals surface area contributed by atoms with Crippen LogP contribution >= 0.6 is 0 Å². The summed E-state index contributed by atoms with van der Waals surface area (Å²) in [6, 6.07) is 0.718. The Bertz CT molecular complexity index is 809. The fourth-order valence-corrected chi connectivity index (χ4v) is 9.69. The van der Waals surface area contributed by atoms with Gasteiger partial charge in [0.25, 0.3) is 0 Å². The topological polar surface area (TPSA) is 49.6 Å². The summed E-state index contributed by atoms with van der Waals surface area (Å²) in [5.74, 6) is 3.97. The van der Waals surface area contributed by atoms with Gasteiger partial charge in [-0.2, -0.15) is 0 Å². The predicted molar refractivity (Wildman–Crippen MR) is 136 cm³/mol. The van der Waals surface area contributed by atoms with Crippen LogP contribution in [0.1, 0.15) is 85.5 Å². The van der Waals surface area contributed by atoms with E-state index in [0.717, 1.165) is 49.0 Å². The van der Waals surface area contributed by atoms with Crippen molar-refractivity contribution in [1.29, 1.82) is 0 Å². The molecule has 33 heavy (non-hydrogen) atoms. The lowest BCUT2D eigenvalue weighted by Crippen LogP contribution is -2.54. The Morgan fingerprint density at radius 2 is 1.94 bits per heavy atom. The predicted octanol–water partition coefficient (Wildman–Crippen LogP) is 5.08. The average molecular weight is 456 g/mol. The molecule has 0 aromatic heterocycles. The summed E-state index contributed by atoms with van der Waals surface area (Å²) in [6.45, 7) is 10.6. The van der Waals surface area contributed by atoms with Gasteiger partial charge in [-0.1, -0.05) is 38.8 Å². The molecule has 4 aliphatic carbocycles. The van der Waals surface area contributed by atoms with Crippen molar-refractivity contribution in [3.63, 3.8) is 0 Å². The molecule has 5 rings (SSSR count). The van der Waals surface area contributed by atoms with Crippen LogP contribution < -0.4 is 5.73 Å². The molecular weight excluding hydrogens is 406 g/mol. The molecule has 5 aliphatic rings. The highest BCUT2D eigenvalue weighted by Crippen LogP contribution is 2.68. The van der Waals surface area contributed by atoms with Crippen molar-refractivity contribution < 1.29 is 4.79 Å². The summed E-state index contributed by atoms with van der Waals surface area (Å²) in [7, 11) is 4.37. The number of carbonyl (C=O) groups is 1. The Morgan fingerprint density at radius 3 is 2.67 bits per heavy atom. The molecule has 186 valence electrons. The Morgan fingerprint density at radius 1 is 1.21 bits per heavy atom. The van der Waals surface area contributed by atoms with Gasteiger partial charge in [0, 0.05) is 25.7 Å². The van der Waals surface area contributed by atoms with Crippen LogP contribution in [0, 0.1) is 40.4 Å². The van der Waals surface area contributed by atoms with Gasteiger partial charge in [0.15, 0.2) is 0 Å². The highest BCUT2D eigenvalue weighted by molar-refractivity contribution is 5.82. The maximum absolute atomic E-state index is 13.1. The minimum Gasteiger partial charge on any atom is -0.341 e. The summed E-state index contributed by atoms with van der Waals surface area (Å²) in [6.07, 6.45) is 14.1. The van der Waals surface area contributed by atoms with Crippen molar-refractivity contribution in [3.8, 4) is 0 Å². The van der Waals surface area contributed by atoms with E-state index in [0.29, 0.717) is 16.9 Å². The second kappa shape index (κ2) is 8.36. The molecule has 1 heterocycles. The minimum absolute atomic E-state index is 0.142. The van der Waals surface area contributed by atoms with E-state index in [9.17, 15) is 4.79 Å². The van der Waals surface area contributed by atoms with Gasteiger partial charge >= 0.3 is 0 Å². The van der Waals surface area contributed by atoms with Crippen LogP contribution in [0.3, 0.4) is 0 Å². The first kappa shape index (κ1) is 23.9. The van der Waals surface area contributed by atoms with Crippen molar-refractivity contribution >= 4 is 5.91 Å². The zero-order valence-electron chi connectivity index (χ0n) is 22.1. The third kappa shape index (κ3) is 3.40. The van der Waals surface area contributed by atoms with Crippen molar-refractivity contribution in [3.05, 3.63) is 11.6 Å². The Balaban J connectivity index is 1.33. The molecule has 1 amide bonds. The Hall–Kier alpha value is -0.870. The lowest BCUT2D eigenvalue weighted by molar-refractivity contribution is -0.135. The molecule has 4 nitrogen and oxygen atoms in total. The van der Waals surface area contributed by atoms with E-state index in [4.69, 9.17) is 5.73 Å². The summed E-state index contributed by atoms with van der Waals surface area (Å²) in [5.41, 5.74) is 8.94. The highest BCUT2D eigenvalue weighted by Gasteiger charge is 2.64. The molecule has 0 bridgehead atoms. The van der Waals surface area contributed by atoms with Gasteiger partial charge < -0.3 is 15.5 Å². The number of carbonyl (C=O) groups excluding carboxylic acids is 1. The first-order valence-electron chi connectivity index (χ1n) is 14.1. The van der Waals surface area contributed by atoms with Crippen LogP contribution in [-0.2, 0) is 4.79 Å². The second-order valence-corrected chi connectivity index (χ2v) is 13.1. The number of amides is 1. The molecule has 0 aromatic carbocycles. The largest absolute Gasteiger partial charge is 0.341 e. The molecule has 1 aliphatic heterocycles. The van der Waals surface area contributed by atoms with E-state index in [1.54, 1.807) is 5.57 Å². The molecule has 0 radical (unpaired) electrons. The minimum atomic E-state index is -0.366. The molecule has 1 unspecified atom stereocenters. The third-order valence-electron chi connectivity index (χ3n) is 12.1. The number of rotatable bonds is 4. The number of allylic oxidation sites excluding steroid dienone is 1. The van der Waals surface area contributed by atoms with Crippen molar-refractivity contribution in [1.82, 2.24) is 9.80 Å². The van der Waals surface area contributed by atoms with Crippen molar-refractivity contribution in [2.75, 3.05) is 20.6 Å². The lowest BCUT2D eigenvalue weighted by Gasteiger charge is -2.58. The number of nitrogens with zero attached hydrogens (tertiary/aromatic N) is 2. The molecular formula is C29H49N3O. The fourth-order valence-electron chi connectivity index (χ4n) is 9.69. The van der Waals surface area contributed by atoms with E-state index in [1.807, 2.05) is 11.9 Å². The van der Waals surface area contributed by atoms with E-state index in [-0.39, 0.29) is 17.9 Å². The molecule has 10 atom stereocenters. The normalized spacial score (nSPS) is 46.5. The molecule has 2 N–H and O–H groups in total. The zero-order chi connectivity index (χ0) is 23.7. The second-order valence-electron chi connectivity index (χ2n) is 13.1. The van der Waals surface area contributed by atoms with E-state index < -0.39 is 0 Å². The van der Waals surface area contributed by atoms with Crippen LogP contribution in [0.15, 0.2) is 11.6 Å². The fraction of sp³-hybridized carbons (Fsp3) is 0.897. The van der Waals surface area contributed by atoms with Gasteiger partial charge in [-0.3, -0.25) is 4.79 Å². The lowest BCUT2D eigenvalue weighted by atomic mass is 9.47. The van der Waals surface area contributed by atoms with E-state index >= 15 is 0 Å². The van der Waals surface area contributed by atoms with Crippen molar-refractivity contribution in [2.45, 2.75) is 104 Å². The molecule has 0 aromatic rings. The van der Waals surface area contributed by atoms with Crippen LogP contribution in [-0.4, -0.2) is 54.5 Å². The maximum Gasteiger partial charge on any atom is 0.239 e. The maximum atomic E-state index is 13.1. The smallest absolute Gasteiger partial charge is 0.239 e. The van der Waals surface area contributed by atoms with Gasteiger partial charge in [0.2, 0.25) is 5.91 Å². The van der Waals surface area contributed by atoms with Gasteiger partial charge in [-0.25, -0.2) is 0 Å². The monoisotopic (exact) mass is 455 g/mol. The highest BCUT2D eigenvalue weighted by atomic mass is 16.2. The number of likely N-dealkylation sites (tertiary alicyclic amines) is 1. The zero-order valence-corrected chi connectivity index (χ0v) is 22.1. The summed E-state index contributed by atoms with van der Waals surface area (Å²) in [5, 5.41) is 0. The summed E-state index contributed by atoms with van der Waals surface area (Å²) >= 11 is 0. The quantitative estimate of drug-likeness (QED) is 0.602. The number of hydrogen-bond donors (Lipinski definition) is 1. The molecule has 1 spiro atoms. The first-order chi connectivity index (χ1) is 15.6. The van der Waals surface area contributed by atoms with Crippen LogP contribution in [0.4, 0.5) is 0 Å². The summed E-state index contributed by atoms with van der Waals surface area (Å²) in [4.78, 5) is 17.8. The average Bonchev–Trinajstić information content (AvgIpc) is 3.30. The molecule has 4 fully saturated rings. The Labute approximate surface area is 202 Å². The molecule has 4 heteroatoms. The SMILES string of the molecule is CC[C@@H](C)[C@@H](N)C(=O)N(C)[C@H]1CC[C@@]2(C)C(=CC[C@@H]3C2CC[C@]24CN(C)[C@@H](C)[C@H]2CC[C@@H]34)C1. The van der Waals surface area contributed by atoms with Gasteiger partial charge in [0.1, 0.15) is 0 Å². The van der Waals surface area contributed by atoms with Crippen molar-refractivity contribution in [2.24, 2.45) is 46.2 Å². The molecule has 3 saturated carbocycles. The third-order valence-corrected chi connectivity index (χ3v) is 12.1. The van der Waals surface area contributed by atoms with E-state index in [1.165, 1.54) is 45.1 Å². The first-order valence-corrected chi connectivity index (χ1v) is 14.1. The van der Waals surface area contributed by atoms with Gasteiger partial charge in [-0.05, 0) is 106 Å². The summed E-state index contributed by atoms with van der Waals surface area (Å²) < 4.78 is 0. The Kier molecular flexibility index (Phi) is 6.04. The number of hydrogen-bond acceptors (Lipinski definition) is 3. The van der Waals surface area contributed by atoms with Crippen LogP contribution in [0.2, 0.25) is 0 Å². The molecule has 1 saturated heterocycles. The standard InChI is InChI=1S/C29H49N3O/c1-7-18(2)26(30)27(33)32(6)21-12-14-28(4)20(16-21)8-9-22-24(28)13-15-29-17-31(5)19(3)23(29)10-11-25(22)29/h8,18-19,21-26H,7,9-17,30H2,1-6H3/t18-,19+,21+,22-,23-,24?,25+,26-,28+,29+/m1/s1. The van der Waals surface area contributed by atoms with Gasteiger partial charge in [0.05, 0.1) is 6.04 Å². The number of nitrogens with two attached hydrogens (primary N) is 1. The van der Waals surface area contributed by atoms with Crippen LogP contribution in [0.5, 0.6) is 0 Å². The van der Waals surface area contributed by atoms with Crippen LogP contribution in [0.25, 0.3) is 0 Å². The van der Waals surface area contributed by atoms with Gasteiger partial charge in [-0.15, -0.1) is 0 Å². The number of likely N-dealkylation sites (N-methyl/N-ethyl adjacent to an activating group) is 1. The van der Waals surface area contributed by atoms with E-state index in [2.05, 4.69) is 45.7 Å². The number of fused-ring (bicyclic) bond motifs is 4.